The third kappa shape index (κ3) is 2.88. The quantitative estimate of drug-likeness (QED) is 0.830. The minimum atomic E-state index is -0.806. The van der Waals surface area contributed by atoms with Gasteiger partial charge >= 0.3 is 0 Å². The number of anilines is 2. The van der Waals surface area contributed by atoms with Gasteiger partial charge in [0.25, 0.3) is 5.91 Å². The van der Waals surface area contributed by atoms with Crippen molar-refractivity contribution < 1.29 is 9.59 Å². The van der Waals surface area contributed by atoms with E-state index < -0.39 is 11.3 Å². The van der Waals surface area contributed by atoms with Crippen molar-refractivity contribution in [3.05, 3.63) is 52.3 Å². The molecule has 2 amide bonds. The number of carbonyl (C=O) groups is 2. The highest BCUT2D eigenvalue weighted by atomic mass is 35.5. The fourth-order valence-corrected chi connectivity index (χ4v) is 4.43. The molecule has 0 unspecified atom stereocenters. The summed E-state index contributed by atoms with van der Waals surface area (Å²) >= 11 is 6.24. The molecule has 28 heavy (non-hydrogen) atoms. The first-order chi connectivity index (χ1) is 13.3. The molecule has 4 rings (SSSR count). The Morgan fingerprint density at radius 1 is 1.29 bits per heavy atom. The lowest BCUT2D eigenvalue weighted by Crippen LogP contribution is -2.34. The number of halogens is 1. The summed E-state index contributed by atoms with van der Waals surface area (Å²) in [6, 6.07) is 7.05. The van der Waals surface area contributed by atoms with Crippen LogP contribution in [0.4, 0.5) is 11.4 Å². The van der Waals surface area contributed by atoms with E-state index in [9.17, 15) is 9.59 Å². The molecule has 6 nitrogen and oxygen atoms in total. The van der Waals surface area contributed by atoms with Crippen molar-refractivity contribution in [2.45, 2.75) is 38.0 Å². The molecule has 0 spiro atoms. The maximum atomic E-state index is 13.3. The molecular formula is C21H23ClN4O2. The smallest absolute Gasteiger partial charge is 0.252 e. The average Bonchev–Trinajstić information content (AvgIpc) is 2.87. The number of fused-ring (bicyclic) bond motifs is 1. The average molecular weight is 399 g/mol. The van der Waals surface area contributed by atoms with Crippen LogP contribution in [-0.2, 0) is 10.2 Å². The number of piperidine rings is 1. The van der Waals surface area contributed by atoms with Crippen molar-refractivity contribution in [3.8, 4) is 0 Å². The van der Waals surface area contributed by atoms with Crippen LogP contribution >= 0.6 is 11.6 Å². The number of pyridine rings is 1. The zero-order valence-corrected chi connectivity index (χ0v) is 16.7. The molecule has 1 fully saturated rings. The van der Waals surface area contributed by atoms with Crippen LogP contribution in [0.1, 0.15) is 54.2 Å². The van der Waals surface area contributed by atoms with Gasteiger partial charge in [-0.1, -0.05) is 17.7 Å². The van der Waals surface area contributed by atoms with Gasteiger partial charge in [-0.2, -0.15) is 0 Å². The molecule has 3 heterocycles. The van der Waals surface area contributed by atoms with Crippen LogP contribution in [0.15, 0.2) is 30.5 Å². The lowest BCUT2D eigenvalue weighted by atomic mass is 9.88. The first kappa shape index (κ1) is 18.9. The number of amides is 2. The minimum Gasteiger partial charge on any atom is -0.365 e. The van der Waals surface area contributed by atoms with Crippen LogP contribution in [0, 0.1) is 0 Å². The van der Waals surface area contributed by atoms with Gasteiger partial charge < -0.3 is 11.1 Å². The molecule has 0 atom stereocenters. The van der Waals surface area contributed by atoms with Gasteiger partial charge in [0.1, 0.15) is 0 Å². The summed E-state index contributed by atoms with van der Waals surface area (Å²) in [5.74, 6) is -0.418. The molecular weight excluding hydrogens is 376 g/mol. The molecule has 1 saturated heterocycles. The van der Waals surface area contributed by atoms with E-state index in [0.717, 1.165) is 31.5 Å². The third-order valence-electron chi connectivity index (χ3n) is 5.75. The van der Waals surface area contributed by atoms with Gasteiger partial charge in [0, 0.05) is 6.20 Å². The van der Waals surface area contributed by atoms with Gasteiger partial charge in [-0.25, -0.2) is 0 Å². The summed E-state index contributed by atoms with van der Waals surface area (Å²) in [6.45, 7) is 5.63. The minimum absolute atomic E-state index is 0.147. The van der Waals surface area contributed by atoms with E-state index >= 15 is 0 Å². The van der Waals surface area contributed by atoms with Crippen LogP contribution in [0.3, 0.4) is 0 Å². The predicted octanol–water partition coefficient (Wildman–Crippen LogP) is 3.26. The number of rotatable bonds is 3. The maximum absolute atomic E-state index is 13.3. The Bertz CT molecular complexity index is 967. The number of primary amides is 1. The SMILES string of the molecule is CC1(C)C(=O)N(c2cccc(Cl)c2C(N)=O)c2cc(C3CCNCC3)cnc21. The summed E-state index contributed by atoms with van der Waals surface area (Å²) in [4.78, 5) is 31.6. The number of hydrogen-bond acceptors (Lipinski definition) is 4. The number of nitrogens with zero attached hydrogens (tertiary/aromatic N) is 2. The van der Waals surface area contributed by atoms with Crippen molar-refractivity contribution >= 4 is 34.8 Å². The number of carbonyl (C=O) groups excluding carboxylic acids is 2. The number of nitrogens with one attached hydrogen (secondary N) is 1. The van der Waals surface area contributed by atoms with E-state index in [1.54, 1.807) is 23.1 Å². The second-order valence-electron chi connectivity index (χ2n) is 7.92. The van der Waals surface area contributed by atoms with Gasteiger partial charge in [0.05, 0.1) is 33.1 Å². The summed E-state index contributed by atoms with van der Waals surface area (Å²) in [6.07, 6.45) is 3.95. The molecule has 0 radical (unpaired) electrons. The molecule has 2 aliphatic rings. The number of benzene rings is 1. The summed E-state index contributed by atoms with van der Waals surface area (Å²) < 4.78 is 0. The van der Waals surface area contributed by atoms with Crippen LogP contribution < -0.4 is 16.0 Å². The van der Waals surface area contributed by atoms with Gasteiger partial charge in [-0.15, -0.1) is 0 Å². The van der Waals surface area contributed by atoms with Crippen molar-refractivity contribution in [3.63, 3.8) is 0 Å². The first-order valence-electron chi connectivity index (χ1n) is 9.46. The van der Waals surface area contributed by atoms with E-state index in [-0.39, 0.29) is 16.5 Å². The molecule has 1 aromatic heterocycles. The monoisotopic (exact) mass is 398 g/mol. The predicted molar refractivity (Wildman–Crippen MR) is 109 cm³/mol. The molecule has 7 heteroatoms. The van der Waals surface area contributed by atoms with E-state index in [2.05, 4.69) is 10.3 Å². The Morgan fingerprint density at radius 2 is 2.00 bits per heavy atom. The molecule has 2 aromatic rings. The zero-order chi connectivity index (χ0) is 20.1. The highest BCUT2D eigenvalue weighted by molar-refractivity contribution is 6.35. The van der Waals surface area contributed by atoms with E-state index in [1.165, 1.54) is 0 Å². The van der Waals surface area contributed by atoms with Crippen LogP contribution in [0.2, 0.25) is 5.02 Å². The van der Waals surface area contributed by atoms with E-state index in [4.69, 9.17) is 17.3 Å². The maximum Gasteiger partial charge on any atom is 0.252 e. The number of hydrogen-bond donors (Lipinski definition) is 2. The lowest BCUT2D eigenvalue weighted by Gasteiger charge is -2.25. The Kier molecular flexibility index (Phi) is 4.63. The Hall–Kier alpha value is -2.44. The first-order valence-corrected chi connectivity index (χ1v) is 9.84. The number of nitrogens with two attached hydrogens (primary N) is 1. The van der Waals surface area contributed by atoms with Crippen molar-refractivity contribution in [2.75, 3.05) is 18.0 Å². The molecule has 0 aliphatic carbocycles. The molecule has 2 aliphatic heterocycles. The molecule has 3 N–H and O–H groups in total. The fourth-order valence-electron chi connectivity index (χ4n) is 4.17. The highest BCUT2D eigenvalue weighted by Gasteiger charge is 2.47. The Labute approximate surface area is 169 Å². The van der Waals surface area contributed by atoms with Crippen LogP contribution in [-0.4, -0.2) is 29.9 Å². The topological polar surface area (TPSA) is 88.3 Å². The normalized spacial score (nSPS) is 19.0. The summed E-state index contributed by atoms with van der Waals surface area (Å²) in [5, 5.41) is 3.60. The molecule has 146 valence electrons. The van der Waals surface area contributed by atoms with Crippen molar-refractivity contribution in [1.82, 2.24) is 10.3 Å². The van der Waals surface area contributed by atoms with Crippen molar-refractivity contribution in [2.24, 2.45) is 5.73 Å². The van der Waals surface area contributed by atoms with E-state index in [0.29, 0.717) is 23.0 Å². The largest absolute Gasteiger partial charge is 0.365 e. The fraction of sp³-hybridized carbons (Fsp3) is 0.381. The molecule has 0 saturated carbocycles. The standard InChI is InChI=1S/C21H23ClN4O2/c1-21(2)18-16(10-13(11-25-18)12-6-8-24-9-7-12)26(20(21)28)15-5-3-4-14(22)17(15)19(23)27/h3-5,10-12,24H,6-9H2,1-2H3,(H2,23,27). The van der Waals surface area contributed by atoms with Gasteiger partial charge in [0.2, 0.25) is 5.91 Å². The number of aromatic nitrogens is 1. The highest BCUT2D eigenvalue weighted by Crippen LogP contribution is 2.47. The van der Waals surface area contributed by atoms with E-state index in [1.807, 2.05) is 26.1 Å². The molecule has 0 bridgehead atoms. The molecule has 1 aromatic carbocycles. The third-order valence-corrected chi connectivity index (χ3v) is 6.06. The summed E-state index contributed by atoms with van der Waals surface area (Å²) in [5.41, 5.74) is 7.84. The Balaban J connectivity index is 1.88. The zero-order valence-electron chi connectivity index (χ0n) is 16.0. The van der Waals surface area contributed by atoms with Crippen molar-refractivity contribution in [1.29, 1.82) is 0 Å². The van der Waals surface area contributed by atoms with Gasteiger partial charge in [-0.05, 0) is 69.5 Å². The van der Waals surface area contributed by atoms with Gasteiger partial charge in [0.15, 0.2) is 0 Å². The Morgan fingerprint density at radius 3 is 2.68 bits per heavy atom. The van der Waals surface area contributed by atoms with Gasteiger partial charge in [-0.3, -0.25) is 19.5 Å². The lowest BCUT2D eigenvalue weighted by molar-refractivity contribution is -0.121. The second-order valence-corrected chi connectivity index (χ2v) is 8.33. The second kappa shape index (κ2) is 6.87. The summed E-state index contributed by atoms with van der Waals surface area (Å²) in [7, 11) is 0. The van der Waals surface area contributed by atoms with Crippen LogP contribution in [0.5, 0.6) is 0 Å². The van der Waals surface area contributed by atoms with Crippen LogP contribution in [0.25, 0.3) is 0 Å².